The molecule has 0 spiro atoms. The van der Waals surface area contributed by atoms with Gasteiger partial charge in [0.15, 0.2) is 0 Å². The summed E-state index contributed by atoms with van der Waals surface area (Å²) in [7, 11) is 0. The van der Waals surface area contributed by atoms with Gasteiger partial charge in [-0.3, -0.25) is 0 Å². The van der Waals surface area contributed by atoms with E-state index in [1.807, 2.05) is 0 Å². The van der Waals surface area contributed by atoms with Crippen LogP contribution in [0.5, 0.6) is 0 Å². The Morgan fingerprint density at radius 3 is 2.09 bits per heavy atom. The second-order valence-electron chi connectivity index (χ2n) is 10.6. The normalized spacial score (nSPS) is 12.5. The predicted molar refractivity (Wildman–Crippen MR) is 158 cm³/mol. The molecule has 0 saturated carbocycles. The maximum atomic E-state index is 2.67. The van der Waals surface area contributed by atoms with E-state index in [1.165, 1.54) is 88.8 Å². The Morgan fingerprint density at radius 1 is 0.758 bits per heavy atom. The molecule has 180 valence electrons. The molecule has 0 saturated heterocycles. The number of aryl methyl sites for hydroxylation is 3. The van der Waals surface area contributed by atoms with E-state index in [1.54, 1.807) is 12.5 Å². The van der Waals surface area contributed by atoms with Gasteiger partial charge in [0.1, 0.15) is 0 Å². The van der Waals surface area contributed by atoms with Crippen molar-refractivity contribution in [2.24, 2.45) is 0 Å². The second-order valence-corrected chi connectivity index (χ2v) is 29.3. The third-order valence-corrected chi connectivity index (χ3v) is 20.0. The zero-order valence-corrected chi connectivity index (χ0v) is 26.8. The Morgan fingerprint density at radius 2 is 1.42 bits per heavy atom. The Balaban J connectivity index is 1.72. The fraction of sp³-hybridized carbons (Fsp3) is 0.571. The van der Waals surface area contributed by atoms with E-state index in [0.717, 1.165) is 6.54 Å². The Labute approximate surface area is 217 Å². The van der Waals surface area contributed by atoms with Gasteiger partial charge < -0.3 is 0 Å². The van der Waals surface area contributed by atoms with Crippen LogP contribution >= 0.6 is 34.0 Å². The van der Waals surface area contributed by atoms with Gasteiger partial charge in [-0.25, -0.2) is 0 Å². The summed E-state index contributed by atoms with van der Waals surface area (Å²) < 4.78 is 7.45. The van der Waals surface area contributed by atoms with Crippen LogP contribution in [0.15, 0.2) is 18.2 Å². The molecule has 4 heterocycles. The third-order valence-electron chi connectivity index (χ3n) is 6.66. The van der Waals surface area contributed by atoms with Crippen molar-refractivity contribution in [2.45, 2.75) is 99.9 Å². The van der Waals surface area contributed by atoms with Crippen LogP contribution in [0.25, 0.3) is 30.2 Å². The van der Waals surface area contributed by atoms with E-state index >= 15 is 0 Å². The van der Waals surface area contributed by atoms with Crippen LogP contribution in [-0.4, -0.2) is 22.9 Å². The number of thiophene rings is 3. The standard InChI is InChI=1S/C25H32NS3.3CH3.Sn/c1-4-6-8-10-12-19-16-20-24(28-19)25-21(26(20)14-11-9-7-5-2)17-22(29-25)23-18(3)13-15-27-23;;;;/h13,16-17H,4-12,14H2,1-3H3;3*1H3;. The summed E-state index contributed by atoms with van der Waals surface area (Å²) in [6, 6.07) is 7.56. The molecule has 0 N–H and O–H groups in total. The van der Waals surface area contributed by atoms with E-state index in [2.05, 4.69) is 92.4 Å². The van der Waals surface area contributed by atoms with Crippen molar-refractivity contribution in [3.05, 3.63) is 28.6 Å². The van der Waals surface area contributed by atoms with E-state index in [4.69, 9.17) is 0 Å². The first-order chi connectivity index (χ1) is 15.8. The zero-order valence-electron chi connectivity index (χ0n) is 21.5. The Hall–Kier alpha value is -0.301. The molecule has 0 aliphatic heterocycles. The number of hydrogen-bond donors (Lipinski definition) is 0. The van der Waals surface area contributed by atoms with Crippen LogP contribution in [0.3, 0.4) is 0 Å². The molecule has 5 heteroatoms. The van der Waals surface area contributed by atoms with Crippen molar-refractivity contribution >= 4 is 75.7 Å². The molecule has 0 aliphatic rings. The summed E-state index contributed by atoms with van der Waals surface area (Å²) in [5.74, 6) is 0. The summed E-state index contributed by atoms with van der Waals surface area (Å²) in [6.45, 7) is 8.09. The zero-order chi connectivity index (χ0) is 23.6. The number of nitrogens with zero attached hydrogens (tertiary/aromatic N) is 1. The van der Waals surface area contributed by atoms with Gasteiger partial charge in [0.2, 0.25) is 0 Å². The molecular weight excluding hydrogens is 565 g/mol. The van der Waals surface area contributed by atoms with Crippen molar-refractivity contribution in [3.8, 4) is 9.75 Å². The molecule has 0 bridgehead atoms. The van der Waals surface area contributed by atoms with Crippen LogP contribution in [-0.2, 0) is 13.0 Å². The van der Waals surface area contributed by atoms with Crippen LogP contribution in [0.1, 0.15) is 75.7 Å². The Bertz CT molecular complexity index is 1200. The first-order valence-electron chi connectivity index (χ1n) is 13.0. The number of fused-ring (bicyclic) bond motifs is 3. The van der Waals surface area contributed by atoms with Crippen LogP contribution in [0, 0.1) is 6.92 Å². The monoisotopic (exact) mass is 607 g/mol. The smallest absolute Gasteiger partial charge is 0.0654 e. The Kier molecular flexibility index (Phi) is 8.73. The summed E-state index contributed by atoms with van der Waals surface area (Å²) in [5, 5.41) is 0. The quantitative estimate of drug-likeness (QED) is 0.112. The van der Waals surface area contributed by atoms with E-state index in [0.29, 0.717) is 0 Å². The topological polar surface area (TPSA) is 4.93 Å². The van der Waals surface area contributed by atoms with Crippen molar-refractivity contribution in [3.63, 3.8) is 0 Å². The van der Waals surface area contributed by atoms with E-state index in [9.17, 15) is 0 Å². The van der Waals surface area contributed by atoms with Gasteiger partial charge in [0, 0.05) is 0 Å². The van der Waals surface area contributed by atoms with Crippen LogP contribution < -0.4 is 2.89 Å². The van der Waals surface area contributed by atoms with Crippen molar-refractivity contribution in [2.75, 3.05) is 0 Å². The molecule has 33 heavy (non-hydrogen) atoms. The van der Waals surface area contributed by atoms with Gasteiger partial charge in [0.05, 0.1) is 0 Å². The fourth-order valence-electron chi connectivity index (χ4n) is 4.66. The summed E-state index contributed by atoms with van der Waals surface area (Å²) in [6.07, 6.45) is 11.9. The molecule has 4 aromatic heterocycles. The van der Waals surface area contributed by atoms with E-state index < -0.39 is 18.4 Å². The molecule has 0 unspecified atom stereocenters. The molecule has 0 radical (unpaired) electrons. The number of rotatable bonds is 12. The molecule has 0 atom stereocenters. The SMILES string of the molecule is CCCCCCc1cc2c(s1)c1sc(-c3s[c]([Sn]([CH3])([CH3])[CH3])cc3C)cc1n2CCCCCC. The van der Waals surface area contributed by atoms with Gasteiger partial charge in [-0.05, 0) is 0 Å². The van der Waals surface area contributed by atoms with Crippen molar-refractivity contribution < 1.29 is 0 Å². The molecule has 0 amide bonds. The fourth-order valence-corrected chi connectivity index (χ4v) is 13.9. The van der Waals surface area contributed by atoms with Gasteiger partial charge in [-0.1, -0.05) is 26.7 Å². The maximum absolute atomic E-state index is 2.67. The molecule has 0 aromatic carbocycles. The van der Waals surface area contributed by atoms with Crippen molar-refractivity contribution in [1.29, 1.82) is 0 Å². The summed E-state index contributed by atoms with van der Waals surface area (Å²) in [4.78, 5) is 12.2. The minimum absolute atomic E-state index is 1.16. The predicted octanol–water partition coefficient (Wildman–Crippen LogP) is 10.2. The second kappa shape index (κ2) is 11.2. The van der Waals surface area contributed by atoms with Gasteiger partial charge in [-0.15, -0.1) is 0 Å². The summed E-state index contributed by atoms with van der Waals surface area (Å²) in [5.41, 5.74) is 4.47. The van der Waals surface area contributed by atoms with Crippen LogP contribution in [0.4, 0.5) is 0 Å². The van der Waals surface area contributed by atoms with Gasteiger partial charge in [0.25, 0.3) is 0 Å². The first kappa shape index (κ1) is 25.8. The van der Waals surface area contributed by atoms with Crippen LogP contribution in [0.2, 0.25) is 14.8 Å². The third kappa shape index (κ3) is 5.76. The summed E-state index contributed by atoms with van der Waals surface area (Å²) >= 11 is 4.18. The average Bonchev–Trinajstić information content (AvgIpc) is 3.50. The number of hydrogen-bond acceptors (Lipinski definition) is 3. The number of unbranched alkanes of at least 4 members (excludes halogenated alkanes) is 6. The van der Waals surface area contributed by atoms with Gasteiger partial charge in [-0.2, -0.15) is 0 Å². The van der Waals surface area contributed by atoms with E-state index in [-0.39, 0.29) is 0 Å². The molecule has 4 aromatic rings. The molecule has 1 nitrogen and oxygen atoms in total. The molecule has 4 rings (SSSR count). The molecule has 0 fully saturated rings. The molecular formula is C28H41NS3Sn. The average molecular weight is 607 g/mol. The first-order valence-corrected chi connectivity index (χ1v) is 25.4. The number of aromatic nitrogens is 1. The van der Waals surface area contributed by atoms with Gasteiger partial charge >= 0.3 is 192 Å². The molecule has 0 aliphatic carbocycles. The minimum atomic E-state index is -2.04. The van der Waals surface area contributed by atoms with Crippen molar-refractivity contribution in [1.82, 2.24) is 4.57 Å². The minimum Gasteiger partial charge on any atom is -0.0654 e.